The lowest BCUT2D eigenvalue weighted by molar-refractivity contribution is -0.384. The molecular formula is C22H18N2O2S2. The van der Waals surface area contributed by atoms with E-state index in [9.17, 15) is 10.1 Å². The number of benzene rings is 3. The Hall–Kier alpha value is -2.83. The van der Waals surface area contributed by atoms with Gasteiger partial charge in [-0.05, 0) is 41.3 Å². The van der Waals surface area contributed by atoms with E-state index in [1.54, 1.807) is 23.9 Å². The van der Waals surface area contributed by atoms with Crippen molar-refractivity contribution in [2.24, 2.45) is 4.99 Å². The molecule has 0 bridgehead atoms. The van der Waals surface area contributed by atoms with Crippen LogP contribution in [0.25, 0.3) is 0 Å². The van der Waals surface area contributed by atoms with Gasteiger partial charge in [-0.15, -0.1) is 11.8 Å². The van der Waals surface area contributed by atoms with Crippen molar-refractivity contribution in [1.29, 1.82) is 0 Å². The molecule has 4 nitrogen and oxygen atoms in total. The van der Waals surface area contributed by atoms with Crippen molar-refractivity contribution in [1.82, 2.24) is 0 Å². The van der Waals surface area contributed by atoms with Crippen molar-refractivity contribution in [3.05, 3.63) is 112 Å². The highest BCUT2D eigenvalue weighted by Crippen LogP contribution is 2.24. The number of nitro benzene ring substituents is 1. The Morgan fingerprint density at radius 3 is 2.21 bits per heavy atom. The van der Waals surface area contributed by atoms with E-state index in [1.165, 1.54) is 29.5 Å². The summed E-state index contributed by atoms with van der Waals surface area (Å²) in [5.41, 5.74) is 2.24. The van der Waals surface area contributed by atoms with Crippen LogP contribution in [0.3, 0.4) is 0 Å². The van der Waals surface area contributed by atoms with Gasteiger partial charge in [0, 0.05) is 22.8 Å². The van der Waals surface area contributed by atoms with Gasteiger partial charge in [0.25, 0.3) is 5.69 Å². The van der Waals surface area contributed by atoms with Crippen molar-refractivity contribution in [2.45, 2.75) is 10.6 Å². The average molecular weight is 407 g/mol. The van der Waals surface area contributed by atoms with Crippen LogP contribution in [0, 0.1) is 10.1 Å². The average Bonchev–Trinajstić information content (AvgIpc) is 2.74. The van der Waals surface area contributed by atoms with E-state index in [0.717, 1.165) is 21.4 Å². The Morgan fingerprint density at radius 1 is 0.929 bits per heavy atom. The Balaban J connectivity index is 1.69. The highest BCUT2D eigenvalue weighted by Gasteiger charge is 2.04. The predicted octanol–water partition coefficient (Wildman–Crippen LogP) is 6.86. The van der Waals surface area contributed by atoms with Crippen molar-refractivity contribution < 1.29 is 4.92 Å². The first-order chi connectivity index (χ1) is 13.7. The highest BCUT2D eigenvalue weighted by molar-refractivity contribution is 8.13. The zero-order chi connectivity index (χ0) is 19.6. The lowest BCUT2D eigenvalue weighted by Gasteiger charge is -2.03. The number of aliphatic imine (C=N–C) groups is 1. The second-order valence-corrected chi connectivity index (χ2v) is 7.71. The second-order valence-electron chi connectivity index (χ2n) is 5.73. The molecule has 0 aliphatic heterocycles. The maximum Gasteiger partial charge on any atom is 0.269 e. The van der Waals surface area contributed by atoms with Crippen molar-refractivity contribution >= 4 is 39.9 Å². The summed E-state index contributed by atoms with van der Waals surface area (Å²) in [5.74, 6) is 0.832. The minimum Gasteiger partial charge on any atom is -0.258 e. The molecule has 0 unspecified atom stereocenters. The van der Waals surface area contributed by atoms with Crippen LogP contribution in [0.15, 0.2) is 106 Å². The van der Waals surface area contributed by atoms with E-state index in [0.29, 0.717) is 0 Å². The number of hydrogen-bond acceptors (Lipinski definition) is 5. The molecular weight excluding hydrogens is 388 g/mol. The number of non-ortho nitro benzene ring substituents is 1. The molecule has 3 aromatic carbocycles. The van der Waals surface area contributed by atoms with Crippen LogP contribution in [-0.2, 0) is 5.75 Å². The van der Waals surface area contributed by atoms with Crippen LogP contribution < -0.4 is 0 Å². The van der Waals surface area contributed by atoms with E-state index >= 15 is 0 Å². The molecule has 0 radical (unpaired) electrons. The molecule has 0 spiro atoms. The molecule has 28 heavy (non-hydrogen) atoms. The van der Waals surface area contributed by atoms with Crippen LogP contribution in [0.5, 0.6) is 0 Å². The monoisotopic (exact) mass is 406 g/mol. The van der Waals surface area contributed by atoms with Gasteiger partial charge >= 0.3 is 0 Å². The van der Waals surface area contributed by atoms with Crippen molar-refractivity contribution in [3.8, 4) is 0 Å². The van der Waals surface area contributed by atoms with Gasteiger partial charge in [-0.2, -0.15) is 0 Å². The number of para-hydroxylation sites is 1. The fourth-order valence-corrected chi connectivity index (χ4v) is 3.87. The fraction of sp³-hybridized carbons (Fsp3) is 0.0455. The Morgan fingerprint density at radius 2 is 1.57 bits per heavy atom. The molecule has 0 saturated heterocycles. The van der Waals surface area contributed by atoms with Crippen LogP contribution in [0.4, 0.5) is 11.4 Å². The Bertz CT molecular complexity index is 957. The van der Waals surface area contributed by atoms with Gasteiger partial charge in [-0.25, -0.2) is 4.99 Å². The molecule has 0 aliphatic carbocycles. The van der Waals surface area contributed by atoms with E-state index in [2.05, 4.69) is 12.1 Å². The minimum absolute atomic E-state index is 0.0954. The molecule has 140 valence electrons. The van der Waals surface area contributed by atoms with Crippen molar-refractivity contribution in [3.63, 3.8) is 0 Å². The van der Waals surface area contributed by atoms with Crippen molar-refractivity contribution in [2.75, 3.05) is 0 Å². The molecule has 0 amide bonds. The topological polar surface area (TPSA) is 55.5 Å². The highest BCUT2D eigenvalue weighted by atomic mass is 32.2. The number of nitro groups is 1. The molecule has 3 rings (SSSR count). The summed E-state index contributed by atoms with van der Waals surface area (Å²) < 4.78 is 0. The molecule has 6 heteroatoms. The molecule has 0 N–H and O–H groups in total. The van der Waals surface area contributed by atoms with E-state index < -0.39 is 4.92 Å². The van der Waals surface area contributed by atoms with E-state index in [4.69, 9.17) is 4.99 Å². The SMILES string of the molecule is O=[N+]([O-])c1ccc(SC=CC(=Nc2ccccc2)SCc2ccccc2)cc1. The summed E-state index contributed by atoms with van der Waals surface area (Å²) in [6, 6.07) is 26.6. The number of thioether (sulfide) groups is 2. The normalized spacial score (nSPS) is 11.6. The zero-order valence-corrected chi connectivity index (χ0v) is 16.6. The van der Waals surface area contributed by atoms with E-state index in [1.807, 2.05) is 60.0 Å². The first kappa shape index (κ1) is 19.9. The summed E-state index contributed by atoms with van der Waals surface area (Å²) in [5, 5.41) is 13.6. The first-order valence-corrected chi connectivity index (χ1v) is 10.5. The summed E-state index contributed by atoms with van der Waals surface area (Å²) in [4.78, 5) is 16.0. The summed E-state index contributed by atoms with van der Waals surface area (Å²) in [7, 11) is 0. The van der Waals surface area contributed by atoms with Gasteiger partial charge in [0.2, 0.25) is 0 Å². The predicted molar refractivity (Wildman–Crippen MR) is 119 cm³/mol. The standard InChI is InChI=1S/C22H18N2O2S2/c25-24(26)20-11-13-21(14-12-20)27-16-15-22(23-19-9-5-2-6-10-19)28-17-18-7-3-1-4-8-18/h1-16H,17H2. The third-order valence-corrected chi connectivity index (χ3v) is 5.50. The van der Waals surface area contributed by atoms with Crippen LogP contribution in [0.1, 0.15) is 5.56 Å². The van der Waals surface area contributed by atoms with Gasteiger partial charge < -0.3 is 0 Å². The Labute approximate surface area is 172 Å². The van der Waals surface area contributed by atoms with E-state index in [-0.39, 0.29) is 5.69 Å². The molecule has 0 saturated carbocycles. The van der Waals surface area contributed by atoms with Crippen LogP contribution >= 0.6 is 23.5 Å². The number of rotatable bonds is 7. The lowest BCUT2D eigenvalue weighted by Crippen LogP contribution is -1.89. The summed E-state index contributed by atoms with van der Waals surface area (Å²) in [6.07, 6.45) is 1.98. The first-order valence-electron chi connectivity index (χ1n) is 8.59. The maximum atomic E-state index is 10.7. The van der Waals surface area contributed by atoms with Gasteiger partial charge in [0.1, 0.15) is 0 Å². The van der Waals surface area contributed by atoms with Crippen LogP contribution in [-0.4, -0.2) is 9.97 Å². The summed E-state index contributed by atoms with van der Waals surface area (Å²) >= 11 is 3.18. The smallest absolute Gasteiger partial charge is 0.258 e. The number of hydrogen-bond donors (Lipinski definition) is 0. The van der Waals surface area contributed by atoms with Gasteiger partial charge in [0.15, 0.2) is 0 Å². The molecule has 3 aromatic rings. The fourth-order valence-electron chi connectivity index (χ4n) is 2.30. The van der Waals surface area contributed by atoms with Crippen LogP contribution in [0.2, 0.25) is 0 Å². The lowest BCUT2D eigenvalue weighted by atomic mass is 10.2. The molecule has 0 heterocycles. The Kier molecular flexibility index (Phi) is 7.46. The van der Waals surface area contributed by atoms with Gasteiger partial charge in [-0.1, -0.05) is 60.3 Å². The van der Waals surface area contributed by atoms with Gasteiger partial charge in [-0.3, -0.25) is 10.1 Å². The zero-order valence-electron chi connectivity index (χ0n) is 15.0. The van der Waals surface area contributed by atoms with Gasteiger partial charge in [0.05, 0.1) is 15.7 Å². The minimum atomic E-state index is -0.394. The quantitative estimate of drug-likeness (QED) is 0.141. The summed E-state index contributed by atoms with van der Waals surface area (Å²) in [6.45, 7) is 0. The number of nitrogens with zero attached hydrogens (tertiary/aromatic N) is 2. The molecule has 0 aromatic heterocycles. The third kappa shape index (κ3) is 6.40. The second kappa shape index (κ2) is 10.5. The molecule has 0 fully saturated rings. The third-order valence-electron chi connectivity index (χ3n) is 3.69. The largest absolute Gasteiger partial charge is 0.269 e. The molecule has 0 aliphatic rings. The molecule has 0 atom stereocenters. The maximum absolute atomic E-state index is 10.7.